The van der Waals surface area contributed by atoms with E-state index < -0.39 is 5.41 Å². The topological polar surface area (TPSA) is 52.9 Å². The molecule has 1 fully saturated rings. The third kappa shape index (κ3) is 2.56. The molecule has 1 aromatic rings. The quantitative estimate of drug-likeness (QED) is 0.883. The molecule has 0 spiro atoms. The third-order valence-corrected chi connectivity index (χ3v) is 4.43. The Morgan fingerprint density at radius 1 is 1.37 bits per heavy atom. The zero-order valence-corrected chi connectivity index (χ0v) is 12.1. The molecule has 2 rings (SSSR count). The lowest BCUT2D eigenvalue weighted by Gasteiger charge is -2.20. The first kappa shape index (κ1) is 14.2. The average molecular weight is 297 g/mol. The smallest absolute Gasteiger partial charge is 0.244 e. The first-order chi connectivity index (χ1) is 9.00. The molecule has 0 radical (unpaired) electrons. The van der Waals surface area contributed by atoms with E-state index in [1.165, 1.54) is 0 Å². The predicted molar refractivity (Wildman–Crippen MR) is 76.3 cm³/mol. The van der Waals surface area contributed by atoms with Crippen molar-refractivity contribution in [2.24, 2.45) is 5.41 Å². The standard InChI is InChI=1S/C14H14Cl2N2O/c1-9-4-5-10(15)12(11(9)16)18-13(19)14(8-17)6-2-3-7-14/h4-5H,2-3,6-7H2,1H3,(H,18,19). The molecule has 100 valence electrons. The van der Waals surface area contributed by atoms with E-state index in [0.717, 1.165) is 18.4 Å². The number of amides is 1. The summed E-state index contributed by atoms with van der Waals surface area (Å²) >= 11 is 12.2. The maximum absolute atomic E-state index is 12.3. The molecule has 0 bridgehead atoms. The lowest BCUT2D eigenvalue weighted by molar-refractivity contribution is -0.122. The van der Waals surface area contributed by atoms with Gasteiger partial charge < -0.3 is 5.32 Å². The number of aryl methyl sites for hydroxylation is 1. The second-order valence-corrected chi connectivity index (χ2v) is 5.69. The molecule has 1 aromatic carbocycles. The number of carbonyl (C=O) groups is 1. The molecule has 1 aliphatic carbocycles. The van der Waals surface area contributed by atoms with Crippen LogP contribution in [-0.4, -0.2) is 5.91 Å². The Morgan fingerprint density at radius 3 is 2.58 bits per heavy atom. The Morgan fingerprint density at radius 2 is 2.00 bits per heavy atom. The van der Waals surface area contributed by atoms with Gasteiger partial charge in [0.25, 0.3) is 0 Å². The van der Waals surface area contributed by atoms with E-state index in [1.54, 1.807) is 12.1 Å². The van der Waals surface area contributed by atoms with Crippen molar-refractivity contribution in [2.45, 2.75) is 32.6 Å². The van der Waals surface area contributed by atoms with Crippen LogP contribution in [0, 0.1) is 23.7 Å². The molecule has 0 atom stereocenters. The zero-order valence-electron chi connectivity index (χ0n) is 10.6. The van der Waals surface area contributed by atoms with Crippen LogP contribution < -0.4 is 5.32 Å². The zero-order chi connectivity index (χ0) is 14.0. The Kier molecular flexibility index (Phi) is 4.03. The van der Waals surface area contributed by atoms with Crippen LogP contribution in [0.2, 0.25) is 10.0 Å². The van der Waals surface area contributed by atoms with Gasteiger partial charge in [0.05, 0.1) is 21.8 Å². The van der Waals surface area contributed by atoms with Gasteiger partial charge in [-0.05, 0) is 31.4 Å². The average Bonchev–Trinajstić information content (AvgIpc) is 2.89. The monoisotopic (exact) mass is 296 g/mol. The van der Waals surface area contributed by atoms with Crippen molar-refractivity contribution >= 4 is 34.8 Å². The Labute approximate surface area is 122 Å². The number of hydrogen-bond acceptors (Lipinski definition) is 2. The lowest BCUT2D eigenvalue weighted by Crippen LogP contribution is -2.32. The number of nitriles is 1. The van der Waals surface area contributed by atoms with Gasteiger partial charge >= 0.3 is 0 Å². The van der Waals surface area contributed by atoms with Crippen LogP contribution >= 0.6 is 23.2 Å². The Balaban J connectivity index is 2.30. The molecule has 1 N–H and O–H groups in total. The number of nitrogens with one attached hydrogen (secondary N) is 1. The van der Waals surface area contributed by atoms with Gasteiger partial charge in [0, 0.05) is 0 Å². The molecule has 3 nitrogen and oxygen atoms in total. The van der Waals surface area contributed by atoms with E-state index in [1.807, 2.05) is 6.92 Å². The predicted octanol–water partition coefficient (Wildman–Crippen LogP) is 4.32. The molecule has 5 heteroatoms. The molecule has 1 aliphatic rings. The molecular formula is C14H14Cl2N2O. The molecule has 0 saturated heterocycles. The first-order valence-electron chi connectivity index (χ1n) is 6.17. The highest BCUT2D eigenvalue weighted by Gasteiger charge is 2.41. The van der Waals surface area contributed by atoms with Gasteiger partial charge in [0.1, 0.15) is 5.41 Å². The number of benzene rings is 1. The van der Waals surface area contributed by atoms with Gasteiger partial charge in [-0.1, -0.05) is 42.1 Å². The van der Waals surface area contributed by atoms with Gasteiger partial charge in [0.15, 0.2) is 0 Å². The van der Waals surface area contributed by atoms with Crippen molar-refractivity contribution < 1.29 is 4.79 Å². The second-order valence-electron chi connectivity index (χ2n) is 4.91. The van der Waals surface area contributed by atoms with Crippen LogP contribution in [-0.2, 0) is 4.79 Å². The van der Waals surface area contributed by atoms with Crippen LogP contribution in [0.25, 0.3) is 0 Å². The van der Waals surface area contributed by atoms with E-state index in [9.17, 15) is 10.1 Å². The maximum atomic E-state index is 12.3. The molecule has 1 amide bonds. The number of carbonyl (C=O) groups excluding carboxylic acids is 1. The lowest BCUT2D eigenvalue weighted by atomic mass is 9.87. The summed E-state index contributed by atoms with van der Waals surface area (Å²) in [6.07, 6.45) is 2.99. The number of rotatable bonds is 2. The minimum Gasteiger partial charge on any atom is -0.322 e. The van der Waals surface area contributed by atoms with Crippen molar-refractivity contribution in [1.29, 1.82) is 5.26 Å². The minimum absolute atomic E-state index is 0.304. The second kappa shape index (κ2) is 5.40. The molecule has 19 heavy (non-hydrogen) atoms. The minimum atomic E-state index is -0.934. The normalized spacial score (nSPS) is 16.9. The summed E-state index contributed by atoms with van der Waals surface area (Å²) in [5.74, 6) is -0.304. The number of hydrogen-bond donors (Lipinski definition) is 1. The first-order valence-corrected chi connectivity index (χ1v) is 6.93. The van der Waals surface area contributed by atoms with Gasteiger partial charge in [0.2, 0.25) is 5.91 Å². The number of nitrogens with zero attached hydrogens (tertiary/aromatic N) is 1. The summed E-state index contributed by atoms with van der Waals surface area (Å²) in [6.45, 7) is 1.84. The summed E-state index contributed by atoms with van der Waals surface area (Å²) < 4.78 is 0. The van der Waals surface area contributed by atoms with E-state index in [2.05, 4.69) is 11.4 Å². The highest BCUT2D eigenvalue weighted by molar-refractivity contribution is 6.40. The highest BCUT2D eigenvalue weighted by atomic mass is 35.5. The highest BCUT2D eigenvalue weighted by Crippen LogP contribution is 2.40. The van der Waals surface area contributed by atoms with Crippen molar-refractivity contribution in [2.75, 3.05) is 5.32 Å². The SMILES string of the molecule is Cc1ccc(Cl)c(NC(=O)C2(C#N)CCCC2)c1Cl. The van der Waals surface area contributed by atoms with Gasteiger partial charge in [-0.25, -0.2) is 0 Å². The summed E-state index contributed by atoms with van der Waals surface area (Å²) in [5, 5.41) is 12.8. The molecule has 1 saturated carbocycles. The largest absolute Gasteiger partial charge is 0.322 e. The molecular weight excluding hydrogens is 283 g/mol. The van der Waals surface area contributed by atoms with E-state index in [4.69, 9.17) is 23.2 Å². The summed E-state index contributed by atoms with van der Waals surface area (Å²) in [6, 6.07) is 5.63. The summed E-state index contributed by atoms with van der Waals surface area (Å²) in [5.41, 5.74) is 0.296. The van der Waals surface area contributed by atoms with Crippen molar-refractivity contribution in [3.63, 3.8) is 0 Å². The Bertz CT molecular complexity index is 557. The van der Waals surface area contributed by atoms with Gasteiger partial charge in [-0.3, -0.25) is 4.79 Å². The fourth-order valence-electron chi connectivity index (χ4n) is 2.37. The number of halogens is 2. The van der Waals surface area contributed by atoms with E-state index in [0.29, 0.717) is 28.6 Å². The van der Waals surface area contributed by atoms with Gasteiger partial charge in [-0.2, -0.15) is 5.26 Å². The van der Waals surface area contributed by atoms with Crippen LogP contribution in [0.5, 0.6) is 0 Å². The van der Waals surface area contributed by atoms with Crippen LogP contribution in [0.15, 0.2) is 12.1 Å². The van der Waals surface area contributed by atoms with E-state index >= 15 is 0 Å². The van der Waals surface area contributed by atoms with Crippen LogP contribution in [0.1, 0.15) is 31.2 Å². The molecule has 0 unspecified atom stereocenters. The third-order valence-electron chi connectivity index (χ3n) is 3.63. The molecule has 0 aromatic heterocycles. The van der Waals surface area contributed by atoms with Crippen LogP contribution in [0.4, 0.5) is 5.69 Å². The van der Waals surface area contributed by atoms with E-state index in [-0.39, 0.29) is 5.91 Å². The van der Waals surface area contributed by atoms with Crippen molar-refractivity contribution in [3.05, 3.63) is 27.7 Å². The summed E-state index contributed by atoms with van der Waals surface area (Å²) in [7, 11) is 0. The van der Waals surface area contributed by atoms with Crippen molar-refractivity contribution in [1.82, 2.24) is 0 Å². The Hall–Kier alpha value is -1.24. The van der Waals surface area contributed by atoms with Crippen molar-refractivity contribution in [3.8, 4) is 6.07 Å². The number of anilines is 1. The fourth-order valence-corrected chi connectivity index (χ4v) is 2.84. The molecule has 0 heterocycles. The van der Waals surface area contributed by atoms with Gasteiger partial charge in [-0.15, -0.1) is 0 Å². The summed E-state index contributed by atoms with van der Waals surface area (Å²) in [4.78, 5) is 12.3. The fraction of sp³-hybridized carbons (Fsp3) is 0.429. The van der Waals surface area contributed by atoms with Crippen LogP contribution in [0.3, 0.4) is 0 Å². The maximum Gasteiger partial charge on any atom is 0.244 e. The molecule has 0 aliphatic heterocycles.